The number of aryl methyl sites for hydroxylation is 1. The highest BCUT2D eigenvalue weighted by Crippen LogP contribution is 2.20. The van der Waals surface area contributed by atoms with Crippen molar-refractivity contribution in [2.45, 2.75) is 19.8 Å². The van der Waals surface area contributed by atoms with Gasteiger partial charge in [-0.2, -0.15) is 4.98 Å². The Morgan fingerprint density at radius 2 is 1.50 bits per heavy atom. The second kappa shape index (κ2) is 11.7. The smallest absolute Gasteiger partial charge is 0.255 e. The summed E-state index contributed by atoms with van der Waals surface area (Å²) >= 11 is 0. The summed E-state index contributed by atoms with van der Waals surface area (Å²) in [6, 6.07) is 21.1. The van der Waals surface area contributed by atoms with Gasteiger partial charge in [-0.25, -0.2) is 0 Å². The Labute approximate surface area is 208 Å². The number of carbonyl (C=O) groups is 2. The van der Waals surface area contributed by atoms with Crippen molar-refractivity contribution in [2.75, 3.05) is 24.4 Å². The van der Waals surface area contributed by atoms with Crippen LogP contribution in [-0.4, -0.2) is 35.7 Å². The van der Waals surface area contributed by atoms with E-state index in [4.69, 9.17) is 14.0 Å². The number of methoxy groups -OCH3 is 1. The van der Waals surface area contributed by atoms with Gasteiger partial charge < -0.3 is 24.6 Å². The molecule has 36 heavy (non-hydrogen) atoms. The molecule has 0 aliphatic carbocycles. The van der Waals surface area contributed by atoms with Gasteiger partial charge in [0.15, 0.2) is 0 Å². The summed E-state index contributed by atoms with van der Waals surface area (Å²) in [5.74, 6) is 1.85. The number of carbonyl (C=O) groups excluding carboxylic acids is 2. The zero-order valence-corrected chi connectivity index (χ0v) is 20.0. The van der Waals surface area contributed by atoms with Crippen LogP contribution < -0.4 is 20.1 Å². The Morgan fingerprint density at radius 1 is 0.861 bits per heavy atom. The van der Waals surface area contributed by atoms with Gasteiger partial charge in [0, 0.05) is 35.3 Å². The molecule has 184 valence electrons. The first kappa shape index (κ1) is 24.5. The van der Waals surface area contributed by atoms with Crippen molar-refractivity contribution in [3.63, 3.8) is 0 Å². The predicted molar refractivity (Wildman–Crippen MR) is 135 cm³/mol. The Balaban J connectivity index is 1.26. The molecule has 0 saturated heterocycles. The largest absolute Gasteiger partial charge is 0.497 e. The topological polar surface area (TPSA) is 116 Å². The first-order valence-corrected chi connectivity index (χ1v) is 11.4. The minimum atomic E-state index is -0.249. The fourth-order valence-electron chi connectivity index (χ4n) is 3.37. The Kier molecular flexibility index (Phi) is 7.92. The molecule has 9 heteroatoms. The third-order valence-corrected chi connectivity index (χ3v) is 5.24. The predicted octanol–water partition coefficient (Wildman–Crippen LogP) is 4.97. The highest BCUT2D eigenvalue weighted by atomic mass is 16.5. The molecule has 0 aliphatic rings. The standard InChI is InChI=1S/C27H26N4O5/c1-3-35-23-14-10-21(11-15-23)29-27(33)19-4-8-20(9-5-19)28-24(32)16-17-25-30-26(31-36-25)18-6-12-22(34-2)13-7-18/h4-15H,3,16-17H2,1-2H3,(H,28,32)(H,29,33). The van der Waals surface area contributed by atoms with Crippen LogP contribution in [0.25, 0.3) is 11.4 Å². The van der Waals surface area contributed by atoms with E-state index in [-0.39, 0.29) is 18.2 Å². The molecule has 0 saturated carbocycles. The number of nitrogens with one attached hydrogen (secondary N) is 2. The van der Waals surface area contributed by atoms with E-state index in [2.05, 4.69) is 20.8 Å². The summed E-state index contributed by atoms with van der Waals surface area (Å²) in [4.78, 5) is 29.2. The summed E-state index contributed by atoms with van der Waals surface area (Å²) < 4.78 is 15.8. The molecular formula is C27H26N4O5. The van der Waals surface area contributed by atoms with Crippen molar-refractivity contribution in [3.05, 3.63) is 84.3 Å². The van der Waals surface area contributed by atoms with E-state index in [1.807, 2.05) is 31.2 Å². The van der Waals surface area contributed by atoms with E-state index in [1.54, 1.807) is 55.6 Å². The monoisotopic (exact) mass is 486 g/mol. The molecule has 0 aliphatic heterocycles. The second-order valence-corrected chi connectivity index (χ2v) is 7.78. The highest BCUT2D eigenvalue weighted by molar-refractivity contribution is 6.04. The van der Waals surface area contributed by atoms with Crippen LogP contribution in [-0.2, 0) is 11.2 Å². The Hall–Kier alpha value is -4.66. The van der Waals surface area contributed by atoms with Crippen molar-refractivity contribution in [3.8, 4) is 22.9 Å². The first-order chi connectivity index (χ1) is 17.5. The van der Waals surface area contributed by atoms with Crippen molar-refractivity contribution in [2.24, 2.45) is 0 Å². The van der Waals surface area contributed by atoms with Crippen LogP contribution in [0.1, 0.15) is 29.6 Å². The van der Waals surface area contributed by atoms with Gasteiger partial charge in [0.2, 0.25) is 17.6 Å². The molecule has 0 radical (unpaired) electrons. The van der Waals surface area contributed by atoms with Gasteiger partial charge in [0.1, 0.15) is 11.5 Å². The van der Waals surface area contributed by atoms with Crippen molar-refractivity contribution >= 4 is 23.2 Å². The maximum absolute atomic E-state index is 12.5. The fraction of sp³-hybridized carbons (Fsp3) is 0.185. The van der Waals surface area contributed by atoms with Crippen LogP contribution in [0.15, 0.2) is 77.3 Å². The van der Waals surface area contributed by atoms with Gasteiger partial charge in [-0.15, -0.1) is 0 Å². The number of rotatable bonds is 10. The lowest BCUT2D eigenvalue weighted by Gasteiger charge is -2.08. The first-order valence-electron chi connectivity index (χ1n) is 11.4. The molecule has 4 aromatic rings. The minimum absolute atomic E-state index is 0.171. The van der Waals surface area contributed by atoms with E-state index < -0.39 is 0 Å². The lowest BCUT2D eigenvalue weighted by atomic mass is 10.2. The number of hydrogen-bond acceptors (Lipinski definition) is 7. The van der Waals surface area contributed by atoms with E-state index in [9.17, 15) is 9.59 Å². The van der Waals surface area contributed by atoms with E-state index >= 15 is 0 Å². The van der Waals surface area contributed by atoms with Crippen LogP contribution in [0.3, 0.4) is 0 Å². The van der Waals surface area contributed by atoms with E-state index in [1.165, 1.54) is 0 Å². The average Bonchev–Trinajstić information content (AvgIpc) is 3.38. The highest BCUT2D eigenvalue weighted by Gasteiger charge is 2.12. The molecule has 0 spiro atoms. The SMILES string of the molecule is CCOc1ccc(NC(=O)c2ccc(NC(=O)CCc3nc(-c4ccc(OC)cc4)no3)cc2)cc1. The molecule has 0 fully saturated rings. The van der Waals surface area contributed by atoms with Gasteiger partial charge in [0.25, 0.3) is 5.91 Å². The molecule has 1 aromatic heterocycles. The zero-order valence-electron chi connectivity index (χ0n) is 20.0. The molecule has 3 aromatic carbocycles. The van der Waals surface area contributed by atoms with Gasteiger partial charge in [0.05, 0.1) is 13.7 Å². The molecule has 4 rings (SSSR count). The van der Waals surface area contributed by atoms with Crippen LogP contribution in [0.5, 0.6) is 11.5 Å². The Morgan fingerprint density at radius 3 is 2.17 bits per heavy atom. The number of amides is 2. The summed E-state index contributed by atoms with van der Waals surface area (Å²) in [5, 5.41) is 9.61. The average molecular weight is 487 g/mol. The summed E-state index contributed by atoms with van der Waals surface area (Å²) in [7, 11) is 1.60. The maximum Gasteiger partial charge on any atom is 0.255 e. The molecule has 2 amide bonds. The zero-order chi connectivity index (χ0) is 25.3. The number of anilines is 2. The summed E-state index contributed by atoms with van der Waals surface area (Å²) in [5.41, 5.74) is 2.51. The summed E-state index contributed by atoms with van der Waals surface area (Å²) in [6.45, 7) is 2.49. The lowest BCUT2D eigenvalue weighted by Crippen LogP contribution is -2.14. The van der Waals surface area contributed by atoms with Crippen molar-refractivity contribution < 1.29 is 23.6 Å². The summed E-state index contributed by atoms with van der Waals surface area (Å²) in [6.07, 6.45) is 0.474. The maximum atomic E-state index is 12.5. The molecule has 0 atom stereocenters. The molecule has 2 N–H and O–H groups in total. The number of ether oxygens (including phenoxy) is 2. The van der Waals surface area contributed by atoms with Crippen LogP contribution in [0.2, 0.25) is 0 Å². The number of hydrogen-bond donors (Lipinski definition) is 2. The molecular weight excluding hydrogens is 460 g/mol. The van der Waals surface area contributed by atoms with E-state index in [0.29, 0.717) is 41.7 Å². The van der Waals surface area contributed by atoms with Gasteiger partial charge in [-0.3, -0.25) is 9.59 Å². The van der Waals surface area contributed by atoms with Crippen molar-refractivity contribution in [1.82, 2.24) is 10.1 Å². The van der Waals surface area contributed by atoms with E-state index in [0.717, 1.165) is 17.1 Å². The molecule has 0 bridgehead atoms. The van der Waals surface area contributed by atoms with Gasteiger partial charge >= 0.3 is 0 Å². The third-order valence-electron chi connectivity index (χ3n) is 5.24. The lowest BCUT2D eigenvalue weighted by molar-refractivity contribution is -0.116. The Bertz CT molecular complexity index is 1300. The number of benzene rings is 3. The van der Waals surface area contributed by atoms with Crippen LogP contribution in [0.4, 0.5) is 11.4 Å². The molecule has 1 heterocycles. The van der Waals surface area contributed by atoms with Crippen molar-refractivity contribution in [1.29, 1.82) is 0 Å². The number of aromatic nitrogens is 2. The third kappa shape index (κ3) is 6.47. The quantitative estimate of drug-likeness (QED) is 0.325. The van der Waals surface area contributed by atoms with Crippen LogP contribution >= 0.6 is 0 Å². The fourth-order valence-corrected chi connectivity index (χ4v) is 3.37. The van der Waals surface area contributed by atoms with Gasteiger partial charge in [-0.05, 0) is 79.7 Å². The minimum Gasteiger partial charge on any atom is -0.497 e. The van der Waals surface area contributed by atoms with Gasteiger partial charge in [-0.1, -0.05) is 5.16 Å². The van der Waals surface area contributed by atoms with Crippen LogP contribution in [0, 0.1) is 0 Å². The number of nitrogens with zero attached hydrogens (tertiary/aromatic N) is 2. The second-order valence-electron chi connectivity index (χ2n) is 7.78. The molecule has 9 nitrogen and oxygen atoms in total. The normalized spacial score (nSPS) is 10.5. The molecule has 0 unspecified atom stereocenters.